The zero-order valence-corrected chi connectivity index (χ0v) is 20.2. The first kappa shape index (κ1) is 24.8. The Bertz CT molecular complexity index is 758. The topological polar surface area (TPSA) is 66.3 Å². The highest BCUT2D eigenvalue weighted by atomic mass is 127. The number of hydrogen-bond donors (Lipinski definition) is 2. The van der Waals surface area contributed by atoms with Crippen LogP contribution in [0.1, 0.15) is 17.4 Å². The highest BCUT2D eigenvalue weighted by molar-refractivity contribution is 14.0. The van der Waals surface area contributed by atoms with Crippen LogP contribution in [0.3, 0.4) is 0 Å². The molecule has 0 unspecified atom stereocenters. The van der Waals surface area contributed by atoms with Gasteiger partial charge in [-0.05, 0) is 36.8 Å². The molecule has 1 aromatic heterocycles. The number of ether oxygens (including phenoxy) is 2. The van der Waals surface area contributed by atoms with Gasteiger partial charge >= 0.3 is 0 Å². The van der Waals surface area contributed by atoms with E-state index in [-0.39, 0.29) is 37.2 Å². The van der Waals surface area contributed by atoms with Crippen LogP contribution in [0.5, 0.6) is 11.5 Å². The van der Waals surface area contributed by atoms with Gasteiger partial charge < -0.3 is 24.8 Å². The second kappa shape index (κ2) is 13.1. The van der Waals surface area contributed by atoms with Crippen molar-refractivity contribution in [3.63, 3.8) is 0 Å². The Hall–Kier alpha value is -1.23. The fourth-order valence-electron chi connectivity index (χ4n) is 2.47. The monoisotopic (exact) mass is 539 g/mol. The number of rotatable bonds is 9. The molecule has 0 fully saturated rings. The molecular weight excluding hydrogens is 513 g/mol. The van der Waals surface area contributed by atoms with E-state index in [4.69, 9.17) is 31.2 Å². The van der Waals surface area contributed by atoms with E-state index in [9.17, 15) is 0 Å². The number of methoxy groups -OCH3 is 1. The smallest absolute Gasteiger partial charge is 0.194 e. The maximum absolute atomic E-state index is 8.90. The molecule has 0 saturated heterocycles. The first-order chi connectivity index (χ1) is 13.1. The fraction of sp³-hybridized carbons (Fsp3) is 0.421. The summed E-state index contributed by atoms with van der Waals surface area (Å²) in [5.41, 5.74) is 1.01. The molecule has 0 bridgehead atoms. The van der Waals surface area contributed by atoms with Crippen LogP contribution in [0.2, 0.25) is 4.34 Å². The predicted molar refractivity (Wildman–Crippen MR) is 127 cm³/mol. The second-order valence-electron chi connectivity index (χ2n) is 5.79. The van der Waals surface area contributed by atoms with Crippen LogP contribution in [-0.2, 0) is 13.1 Å². The average molecular weight is 540 g/mol. The molecule has 0 aliphatic rings. The van der Waals surface area contributed by atoms with E-state index in [1.807, 2.05) is 44.3 Å². The highest BCUT2D eigenvalue weighted by Crippen LogP contribution is 2.28. The number of nitrogens with zero attached hydrogens (tertiary/aromatic N) is 2. The van der Waals surface area contributed by atoms with Crippen molar-refractivity contribution in [2.24, 2.45) is 4.99 Å². The van der Waals surface area contributed by atoms with Crippen molar-refractivity contribution >= 4 is 52.9 Å². The molecule has 0 radical (unpaired) electrons. The molecule has 0 amide bonds. The summed E-state index contributed by atoms with van der Waals surface area (Å²) in [6.07, 6.45) is 0. The lowest BCUT2D eigenvalue weighted by atomic mass is 10.2. The minimum Gasteiger partial charge on any atom is -0.493 e. The first-order valence-corrected chi connectivity index (χ1v) is 9.91. The zero-order chi connectivity index (χ0) is 19.6. The van der Waals surface area contributed by atoms with E-state index in [2.05, 4.69) is 10.2 Å². The summed E-state index contributed by atoms with van der Waals surface area (Å²) in [7, 11) is 3.60. The third-order valence-corrected chi connectivity index (χ3v) is 4.92. The van der Waals surface area contributed by atoms with Crippen LogP contribution in [0.4, 0.5) is 0 Å². The lowest BCUT2D eigenvalue weighted by Crippen LogP contribution is -2.38. The normalized spacial score (nSPS) is 11.0. The SMILES string of the molecule is CCNC(=NCc1ccc(OCCO)c(OC)c1)N(C)Cc1ccc(Cl)s1.I. The van der Waals surface area contributed by atoms with Gasteiger partial charge in [0.2, 0.25) is 0 Å². The number of aliphatic hydroxyl groups is 1. The molecule has 0 aliphatic carbocycles. The van der Waals surface area contributed by atoms with Crippen molar-refractivity contribution in [1.82, 2.24) is 10.2 Å². The Labute approximate surface area is 192 Å². The van der Waals surface area contributed by atoms with Gasteiger partial charge in [-0.2, -0.15) is 0 Å². The van der Waals surface area contributed by atoms with Gasteiger partial charge in [-0.25, -0.2) is 4.99 Å². The van der Waals surface area contributed by atoms with E-state index in [1.165, 1.54) is 4.88 Å². The summed E-state index contributed by atoms with van der Waals surface area (Å²) in [5, 5.41) is 12.2. The van der Waals surface area contributed by atoms with Gasteiger partial charge in [-0.3, -0.25) is 0 Å². The number of aliphatic hydroxyl groups excluding tert-OH is 1. The van der Waals surface area contributed by atoms with Crippen molar-refractivity contribution in [3.05, 3.63) is 45.1 Å². The number of nitrogens with one attached hydrogen (secondary N) is 1. The molecule has 2 rings (SSSR count). The molecule has 0 atom stereocenters. The van der Waals surface area contributed by atoms with Crippen molar-refractivity contribution < 1.29 is 14.6 Å². The molecule has 0 aliphatic heterocycles. The van der Waals surface area contributed by atoms with Gasteiger partial charge in [0.25, 0.3) is 0 Å². The van der Waals surface area contributed by atoms with Gasteiger partial charge in [0.15, 0.2) is 17.5 Å². The minimum absolute atomic E-state index is 0. The van der Waals surface area contributed by atoms with E-state index >= 15 is 0 Å². The van der Waals surface area contributed by atoms with Gasteiger partial charge in [0.1, 0.15) is 6.61 Å². The molecule has 1 aromatic carbocycles. The summed E-state index contributed by atoms with van der Waals surface area (Å²) >= 11 is 7.59. The first-order valence-electron chi connectivity index (χ1n) is 8.71. The summed E-state index contributed by atoms with van der Waals surface area (Å²) in [5.74, 6) is 2.06. The Balaban J connectivity index is 0.00000392. The molecule has 2 aromatic rings. The lowest BCUT2D eigenvalue weighted by Gasteiger charge is -2.21. The molecule has 6 nitrogen and oxygen atoms in total. The summed E-state index contributed by atoms with van der Waals surface area (Å²) in [6.45, 7) is 4.27. The zero-order valence-electron chi connectivity index (χ0n) is 16.3. The molecular formula is C19H27ClIN3O3S. The molecule has 28 heavy (non-hydrogen) atoms. The number of benzene rings is 1. The maximum atomic E-state index is 8.90. The van der Waals surface area contributed by atoms with E-state index < -0.39 is 0 Å². The molecule has 0 saturated carbocycles. The minimum atomic E-state index is -0.0387. The Kier molecular flexibility index (Phi) is 11.6. The molecule has 2 N–H and O–H groups in total. The Morgan fingerprint density at radius 2 is 2.07 bits per heavy atom. The van der Waals surface area contributed by atoms with Gasteiger partial charge in [0.05, 0.1) is 31.1 Å². The Morgan fingerprint density at radius 1 is 1.29 bits per heavy atom. The fourth-order valence-corrected chi connectivity index (χ4v) is 3.61. The molecule has 0 spiro atoms. The van der Waals surface area contributed by atoms with Gasteiger partial charge in [0, 0.05) is 18.5 Å². The van der Waals surface area contributed by atoms with Crippen LogP contribution >= 0.6 is 46.9 Å². The highest BCUT2D eigenvalue weighted by Gasteiger charge is 2.09. The molecule has 9 heteroatoms. The van der Waals surface area contributed by atoms with Crippen LogP contribution in [0.25, 0.3) is 0 Å². The van der Waals surface area contributed by atoms with Crippen LogP contribution < -0.4 is 14.8 Å². The largest absolute Gasteiger partial charge is 0.493 e. The third-order valence-electron chi connectivity index (χ3n) is 3.71. The number of aliphatic imine (C=N–C) groups is 1. The number of thiophene rings is 1. The summed E-state index contributed by atoms with van der Waals surface area (Å²) < 4.78 is 11.6. The van der Waals surface area contributed by atoms with E-state index in [0.29, 0.717) is 18.0 Å². The maximum Gasteiger partial charge on any atom is 0.194 e. The quantitative estimate of drug-likeness (QED) is 0.287. The van der Waals surface area contributed by atoms with Crippen molar-refractivity contribution in [1.29, 1.82) is 0 Å². The lowest BCUT2D eigenvalue weighted by molar-refractivity contribution is 0.196. The van der Waals surface area contributed by atoms with Crippen LogP contribution in [0, 0.1) is 0 Å². The average Bonchev–Trinajstić information content (AvgIpc) is 3.08. The van der Waals surface area contributed by atoms with Gasteiger partial charge in [-0.15, -0.1) is 35.3 Å². The number of guanidine groups is 1. The van der Waals surface area contributed by atoms with Crippen molar-refractivity contribution in [3.8, 4) is 11.5 Å². The van der Waals surface area contributed by atoms with Crippen LogP contribution in [-0.4, -0.2) is 49.9 Å². The standard InChI is InChI=1S/C19H26ClN3O3S.HI/c1-4-21-19(23(2)13-15-6-8-18(20)27-15)22-12-14-5-7-16(26-10-9-24)17(11-14)25-3;/h5-8,11,24H,4,9-10,12-13H2,1-3H3,(H,21,22);1H. The molecule has 1 heterocycles. The Morgan fingerprint density at radius 3 is 2.68 bits per heavy atom. The number of hydrogen-bond acceptors (Lipinski definition) is 5. The van der Waals surface area contributed by atoms with Crippen molar-refractivity contribution in [2.45, 2.75) is 20.0 Å². The van der Waals surface area contributed by atoms with E-state index in [1.54, 1.807) is 18.4 Å². The predicted octanol–water partition coefficient (Wildman–Crippen LogP) is 4.00. The van der Waals surface area contributed by atoms with E-state index in [0.717, 1.165) is 28.9 Å². The number of halogens is 2. The summed E-state index contributed by atoms with van der Waals surface area (Å²) in [4.78, 5) is 7.97. The van der Waals surface area contributed by atoms with Crippen LogP contribution in [0.15, 0.2) is 35.3 Å². The van der Waals surface area contributed by atoms with Gasteiger partial charge in [-0.1, -0.05) is 17.7 Å². The molecule has 156 valence electrons. The van der Waals surface area contributed by atoms with Crippen molar-refractivity contribution in [2.75, 3.05) is 33.9 Å². The second-order valence-corrected chi connectivity index (χ2v) is 7.59. The third kappa shape index (κ3) is 7.65. The summed E-state index contributed by atoms with van der Waals surface area (Å²) in [6, 6.07) is 9.62.